The van der Waals surface area contributed by atoms with E-state index in [4.69, 9.17) is 5.73 Å². The minimum Gasteiger partial charge on any atom is -0.435 e. The minimum absolute atomic E-state index is 0.126. The zero-order chi connectivity index (χ0) is 20.8. The van der Waals surface area contributed by atoms with E-state index in [0.717, 1.165) is 60.2 Å². The fourth-order valence-corrected chi connectivity index (χ4v) is 4.31. The number of aromatic nitrogens is 1. The first-order valence-electron chi connectivity index (χ1n) is 10.3. The summed E-state index contributed by atoms with van der Waals surface area (Å²) >= 11 is 0. The summed E-state index contributed by atoms with van der Waals surface area (Å²) in [6.07, 6.45) is 3.78. The third-order valence-corrected chi connectivity index (χ3v) is 5.96. The normalized spacial score (nSPS) is 16.8. The number of rotatable bonds is 6. The molecule has 3 aromatic rings. The zero-order valence-corrected chi connectivity index (χ0v) is 16.5. The van der Waals surface area contributed by atoms with E-state index in [1.807, 2.05) is 24.3 Å². The fourth-order valence-electron chi connectivity index (χ4n) is 4.31. The van der Waals surface area contributed by atoms with Gasteiger partial charge in [0.05, 0.1) is 16.9 Å². The number of halogens is 2. The van der Waals surface area contributed by atoms with Crippen LogP contribution < -0.4 is 15.4 Å². The summed E-state index contributed by atoms with van der Waals surface area (Å²) in [5.74, 6) is 0.845. The predicted molar refractivity (Wildman–Crippen MR) is 113 cm³/mol. The maximum atomic E-state index is 12.7. The van der Waals surface area contributed by atoms with Gasteiger partial charge in [0.25, 0.3) is 0 Å². The maximum absolute atomic E-state index is 12.7. The Bertz CT molecular complexity index is 1100. The molecule has 5 rings (SSSR count). The number of fused-ring (bicyclic) bond motifs is 1. The van der Waals surface area contributed by atoms with E-state index in [1.54, 1.807) is 17.0 Å². The summed E-state index contributed by atoms with van der Waals surface area (Å²) in [5, 5.41) is 0.825. The Balaban J connectivity index is 1.58. The number of carbonyl (C=O) groups is 1. The average Bonchev–Trinajstić information content (AvgIpc) is 3.38. The highest BCUT2D eigenvalue weighted by molar-refractivity contribution is 6.02. The summed E-state index contributed by atoms with van der Waals surface area (Å²) in [4.78, 5) is 13.8. The summed E-state index contributed by atoms with van der Waals surface area (Å²) in [6.45, 7) is -1.34. The molecule has 30 heavy (non-hydrogen) atoms. The lowest BCUT2D eigenvalue weighted by Gasteiger charge is -2.17. The molecule has 0 unspecified atom stereocenters. The Morgan fingerprint density at radius 3 is 2.53 bits per heavy atom. The van der Waals surface area contributed by atoms with Crippen molar-refractivity contribution >= 4 is 28.2 Å². The van der Waals surface area contributed by atoms with Crippen molar-refractivity contribution < 1.29 is 18.3 Å². The lowest BCUT2D eigenvalue weighted by Crippen LogP contribution is -2.23. The van der Waals surface area contributed by atoms with Crippen LogP contribution in [0.3, 0.4) is 0 Å². The Morgan fingerprint density at radius 1 is 1.13 bits per heavy atom. The fraction of sp³-hybridized carbons (Fsp3) is 0.348. The van der Waals surface area contributed by atoms with Gasteiger partial charge in [0.15, 0.2) is 0 Å². The van der Waals surface area contributed by atoms with Crippen LogP contribution in [0.1, 0.15) is 25.7 Å². The molecule has 2 fully saturated rings. The van der Waals surface area contributed by atoms with Gasteiger partial charge in [0.1, 0.15) is 5.75 Å². The first kappa shape index (κ1) is 18.9. The van der Waals surface area contributed by atoms with Crippen molar-refractivity contribution in [3.8, 4) is 17.0 Å². The van der Waals surface area contributed by atoms with Gasteiger partial charge in [-0.3, -0.25) is 4.79 Å². The van der Waals surface area contributed by atoms with Gasteiger partial charge in [-0.15, -0.1) is 0 Å². The monoisotopic (exact) mass is 411 g/mol. The molecule has 2 heterocycles. The number of amides is 1. The molecule has 7 heteroatoms. The van der Waals surface area contributed by atoms with Crippen LogP contribution in [0.15, 0.2) is 42.5 Å². The molecular formula is C23H23F2N3O2. The first-order chi connectivity index (χ1) is 14.5. The van der Waals surface area contributed by atoms with E-state index in [1.165, 1.54) is 6.07 Å². The van der Waals surface area contributed by atoms with Crippen molar-refractivity contribution in [2.45, 2.75) is 38.8 Å². The molecule has 0 bridgehead atoms. The van der Waals surface area contributed by atoms with Crippen LogP contribution in [0.2, 0.25) is 0 Å². The number of nitrogen functional groups attached to an aromatic ring is 1. The Kier molecular flexibility index (Phi) is 4.60. The standard InChI is InChI=1S/C23H23F2N3O2/c24-23(25)30-17-9-10-18-19(12-17)28(13-14-3-4-14)22(21(18)26)15-5-7-16(8-6-15)27-11-1-2-20(27)29/h5-10,12,14,23H,1-4,11,13,26H2. The number of hydrogen-bond donors (Lipinski definition) is 1. The van der Waals surface area contributed by atoms with Crippen LogP contribution in [-0.4, -0.2) is 23.6 Å². The van der Waals surface area contributed by atoms with Gasteiger partial charge in [-0.1, -0.05) is 12.1 Å². The van der Waals surface area contributed by atoms with Crippen LogP contribution in [0.25, 0.3) is 22.2 Å². The number of benzene rings is 2. The Morgan fingerprint density at radius 2 is 1.90 bits per heavy atom. The minimum atomic E-state index is -2.87. The molecular weight excluding hydrogens is 388 g/mol. The largest absolute Gasteiger partial charge is 0.435 e. The second kappa shape index (κ2) is 7.31. The van der Waals surface area contributed by atoms with E-state index >= 15 is 0 Å². The van der Waals surface area contributed by atoms with Crippen LogP contribution in [-0.2, 0) is 11.3 Å². The molecule has 156 valence electrons. The van der Waals surface area contributed by atoms with Crippen LogP contribution >= 0.6 is 0 Å². The summed E-state index contributed by atoms with van der Waals surface area (Å²) in [7, 11) is 0. The van der Waals surface area contributed by atoms with E-state index in [0.29, 0.717) is 18.0 Å². The molecule has 1 saturated carbocycles. The van der Waals surface area contributed by atoms with Crippen LogP contribution in [0.5, 0.6) is 5.75 Å². The Labute approximate surface area is 173 Å². The summed E-state index contributed by atoms with van der Waals surface area (Å²) < 4.78 is 32.1. The van der Waals surface area contributed by atoms with Gasteiger partial charge < -0.3 is 19.9 Å². The number of hydrogen-bond acceptors (Lipinski definition) is 3. The van der Waals surface area contributed by atoms with Crippen molar-refractivity contribution in [1.29, 1.82) is 0 Å². The summed E-state index contributed by atoms with van der Waals surface area (Å²) in [5.41, 5.74) is 10.7. The highest BCUT2D eigenvalue weighted by Crippen LogP contribution is 2.41. The van der Waals surface area contributed by atoms with Crippen LogP contribution in [0.4, 0.5) is 20.2 Å². The third-order valence-electron chi connectivity index (χ3n) is 5.96. The molecule has 0 radical (unpaired) electrons. The molecule has 2 N–H and O–H groups in total. The number of carbonyl (C=O) groups excluding carboxylic acids is 1. The number of anilines is 2. The Hall–Kier alpha value is -3.09. The van der Waals surface area contributed by atoms with E-state index < -0.39 is 6.61 Å². The van der Waals surface area contributed by atoms with Crippen molar-refractivity contribution in [3.63, 3.8) is 0 Å². The quantitative estimate of drug-likeness (QED) is 0.619. The lowest BCUT2D eigenvalue weighted by molar-refractivity contribution is -0.117. The lowest BCUT2D eigenvalue weighted by atomic mass is 10.1. The molecule has 0 spiro atoms. The number of nitrogens with two attached hydrogens (primary N) is 1. The van der Waals surface area contributed by atoms with E-state index in [-0.39, 0.29) is 11.7 Å². The van der Waals surface area contributed by atoms with Gasteiger partial charge in [-0.05, 0) is 49.4 Å². The molecule has 0 atom stereocenters. The number of ether oxygens (including phenoxy) is 1. The van der Waals surface area contributed by atoms with Gasteiger partial charge in [-0.25, -0.2) is 0 Å². The molecule has 2 aliphatic rings. The van der Waals surface area contributed by atoms with Crippen molar-refractivity contribution in [3.05, 3.63) is 42.5 Å². The molecule has 1 amide bonds. The molecule has 1 aliphatic heterocycles. The highest BCUT2D eigenvalue weighted by atomic mass is 19.3. The van der Waals surface area contributed by atoms with Gasteiger partial charge >= 0.3 is 6.61 Å². The van der Waals surface area contributed by atoms with Crippen molar-refractivity contribution in [2.24, 2.45) is 5.92 Å². The molecule has 1 aliphatic carbocycles. The van der Waals surface area contributed by atoms with Crippen molar-refractivity contribution in [1.82, 2.24) is 4.57 Å². The number of nitrogens with zero attached hydrogens (tertiary/aromatic N) is 2. The number of alkyl halides is 2. The SMILES string of the molecule is Nc1c(-c2ccc(N3CCCC3=O)cc2)n(CC2CC2)c2cc(OC(F)F)ccc12. The molecule has 5 nitrogen and oxygen atoms in total. The van der Waals surface area contributed by atoms with E-state index in [9.17, 15) is 13.6 Å². The first-order valence-corrected chi connectivity index (χ1v) is 10.3. The second-order valence-electron chi connectivity index (χ2n) is 8.07. The van der Waals surface area contributed by atoms with Crippen molar-refractivity contribution in [2.75, 3.05) is 17.2 Å². The topological polar surface area (TPSA) is 60.5 Å². The van der Waals surface area contributed by atoms with Gasteiger partial charge in [0.2, 0.25) is 5.91 Å². The van der Waals surface area contributed by atoms with Gasteiger partial charge in [-0.2, -0.15) is 8.78 Å². The highest BCUT2D eigenvalue weighted by Gasteiger charge is 2.27. The third kappa shape index (κ3) is 3.38. The van der Waals surface area contributed by atoms with Gasteiger partial charge in [0, 0.05) is 42.2 Å². The maximum Gasteiger partial charge on any atom is 0.387 e. The second-order valence-corrected chi connectivity index (χ2v) is 8.07. The summed E-state index contributed by atoms with van der Waals surface area (Å²) in [6, 6.07) is 12.8. The average molecular weight is 411 g/mol. The molecule has 1 saturated heterocycles. The predicted octanol–water partition coefficient (Wildman–Crippen LogP) is 5.03. The van der Waals surface area contributed by atoms with Crippen LogP contribution in [0, 0.1) is 5.92 Å². The zero-order valence-electron chi connectivity index (χ0n) is 16.5. The van der Waals surface area contributed by atoms with E-state index in [2.05, 4.69) is 9.30 Å². The molecule has 1 aromatic heterocycles. The molecule has 2 aromatic carbocycles. The smallest absolute Gasteiger partial charge is 0.387 e.